The number of esters is 2. The van der Waals surface area contributed by atoms with Crippen molar-refractivity contribution in [2.24, 2.45) is 0 Å². The van der Waals surface area contributed by atoms with Crippen molar-refractivity contribution in [3.63, 3.8) is 0 Å². The Kier molecular flexibility index (Phi) is 4.65. The lowest BCUT2D eigenvalue weighted by atomic mass is 10.0. The topological polar surface area (TPSA) is 82.8 Å². The Hall–Kier alpha value is -2.11. The van der Waals surface area contributed by atoms with Crippen LogP contribution >= 0.6 is 0 Å². The van der Waals surface area contributed by atoms with Gasteiger partial charge in [-0.25, -0.2) is 9.59 Å². The van der Waals surface area contributed by atoms with Gasteiger partial charge in [0.15, 0.2) is 0 Å². The molecule has 0 aliphatic rings. The average molecular weight is 254 g/mol. The van der Waals surface area contributed by atoms with E-state index in [4.69, 9.17) is 4.42 Å². The van der Waals surface area contributed by atoms with Crippen LogP contribution in [0.25, 0.3) is 0 Å². The maximum absolute atomic E-state index is 11.7. The van der Waals surface area contributed by atoms with Crippen molar-refractivity contribution in [1.82, 2.24) is 0 Å². The van der Waals surface area contributed by atoms with Gasteiger partial charge >= 0.3 is 17.6 Å². The van der Waals surface area contributed by atoms with E-state index in [9.17, 15) is 14.4 Å². The summed E-state index contributed by atoms with van der Waals surface area (Å²) < 4.78 is 14.1. The van der Waals surface area contributed by atoms with E-state index in [-0.39, 0.29) is 23.3 Å². The fraction of sp³-hybridized carbons (Fsp3) is 0.417. The third kappa shape index (κ3) is 2.97. The molecule has 6 nitrogen and oxygen atoms in total. The molecule has 0 spiro atoms. The second-order valence-corrected chi connectivity index (χ2v) is 3.49. The van der Waals surface area contributed by atoms with Crippen molar-refractivity contribution < 1.29 is 23.5 Å². The quantitative estimate of drug-likeness (QED) is 0.736. The second-order valence-electron chi connectivity index (χ2n) is 3.49. The first kappa shape index (κ1) is 14.0. The van der Waals surface area contributed by atoms with Crippen LogP contribution in [0.15, 0.2) is 15.3 Å². The lowest BCUT2D eigenvalue weighted by Crippen LogP contribution is -2.17. The number of hydrogen-bond acceptors (Lipinski definition) is 6. The largest absolute Gasteiger partial charge is 0.469 e. The summed E-state index contributed by atoms with van der Waals surface area (Å²) in [7, 11) is 2.45. The van der Waals surface area contributed by atoms with Crippen molar-refractivity contribution in [1.29, 1.82) is 0 Å². The van der Waals surface area contributed by atoms with Crippen LogP contribution in [0.5, 0.6) is 0 Å². The Morgan fingerprint density at radius 2 is 1.94 bits per heavy atom. The van der Waals surface area contributed by atoms with Crippen LogP contribution in [0.2, 0.25) is 0 Å². The molecule has 18 heavy (non-hydrogen) atoms. The molecule has 0 N–H and O–H groups in total. The molecule has 1 heterocycles. The van der Waals surface area contributed by atoms with Crippen LogP contribution in [-0.2, 0) is 27.1 Å². The lowest BCUT2D eigenvalue weighted by Gasteiger charge is -2.09. The van der Waals surface area contributed by atoms with Crippen LogP contribution in [-0.4, -0.2) is 26.2 Å². The van der Waals surface area contributed by atoms with Crippen LogP contribution in [0, 0.1) is 0 Å². The van der Waals surface area contributed by atoms with E-state index in [0.29, 0.717) is 6.42 Å². The normalized spacial score (nSPS) is 9.94. The highest BCUT2D eigenvalue weighted by Crippen LogP contribution is 2.16. The number of carbonyl (C=O) groups excluding carboxylic acids is 2. The molecule has 0 fully saturated rings. The number of rotatable bonds is 4. The van der Waals surface area contributed by atoms with Crippen molar-refractivity contribution in [2.45, 2.75) is 19.8 Å². The number of ether oxygens (including phenoxy) is 2. The fourth-order valence-corrected chi connectivity index (χ4v) is 1.56. The van der Waals surface area contributed by atoms with E-state index < -0.39 is 17.6 Å². The molecule has 0 aromatic carbocycles. The zero-order chi connectivity index (χ0) is 13.7. The molecular formula is C12H14O6. The predicted molar refractivity (Wildman–Crippen MR) is 61.4 cm³/mol. The minimum atomic E-state index is -0.644. The third-order valence-corrected chi connectivity index (χ3v) is 2.39. The first-order valence-electron chi connectivity index (χ1n) is 5.34. The Bertz CT molecular complexity index is 514. The molecule has 0 aliphatic heterocycles. The van der Waals surface area contributed by atoms with E-state index in [2.05, 4.69) is 9.47 Å². The molecule has 0 amide bonds. The van der Waals surface area contributed by atoms with Crippen LogP contribution in [0.3, 0.4) is 0 Å². The summed E-state index contributed by atoms with van der Waals surface area (Å²) in [5, 5.41) is 0. The molecular weight excluding hydrogens is 240 g/mol. The summed E-state index contributed by atoms with van der Waals surface area (Å²) in [6.07, 6.45) is 0.161. The Balaban J connectivity index is 3.37. The first-order chi connectivity index (χ1) is 8.53. The van der Waals surface area contributed by atoms with E-state index in [1.807, 2.05) is 0 Å². The molecule has 0 unspecified atom stereocenters. The van der Waals surface area contributed by atoms with E-state index in [0.717, 1.165) is 6.07 Å². The third-order valence-electron chi connectivity index (χ3n) is 2.39. The molecule has 0 saturated carbocycles. The van der Waals surface area contributed by atoms with Gasteiger partial charge in [-0.05, 0) is 5.56 Å². The first-order valence-corrected chi connectivity index (χ1v) is 5.34. The van der Waals surface area contributed by atoms with Gasteiger partial charge in [0.05, 0.1) is 20.6 Å². The van der Waals surface area contributed by atoms with Crippen LogP contribution in [0.1, 0.15) is 28.6 Å². The highest BCUT2D eigenvalue weighted by atomic mass is 16.5. The van der Waals surface area contributed by atoms with Crippen LogP contribution in [0.4, 0.5) is 0 Å². The van der Waals surface area contributed by atoms with Crippen molar-refractivity contribution in [3.05, 3.63) is 33.4 Å². The van der Waals surface area contributed by atoms with Gasteiger partial charge in [-0.3, -0.25) is 4.79 Å². The molecule has 0 bridgehead atoms. The second kappa shape index (κ2) is 6.00. The van der Waals surface area contributed by atoms with Crippen molar-refractivity contribution in [3.8, 4) is 0 Å². The van der Waals surface area contributed by atoms with Gasteiger partial charge in [-0.2, -0.15) is 0 Å². The summed E-state index contributed by atoms with van der Waals surface area (Å²) in [6.45, 7) is 1.73. The number of hydrogen-bond donors (Lipinski definition) is 0. The van der Waals surface area contributed by atoms with Crippen LogP contribution < -0.4 is 5.63 Å². The molecule has 6 heteroatoms. The molecule has 1 aromatic rings. The van der Waals surface area contributed by atoms with E-state index in [1.54, 1.807) is 6.92 Å². The number of carbonyl (C=O) groups is 2. The molecule has 1 aromatic heterocycles. The minimum Gasteiger partial charge on any atom is -0.469 e. The average Bonchev–Trinajstić information content (AvgIpc) is 2.36. The van der Waals surface area contributed by atoms with Gasteiger partial charge in [0.25, 0.3) is 0 Å². The summed E-state index contributed by atoms with van der Waals surface area (Å²) >= 11 is 0. The Morgan fingerprint density at radius 3 is 2.44 bits per heavy atom. The standard InChI is InChI=1S/C12H14O6/c1-4-8-11(12(15)17-3)7(5-9(13)16-2)6-10(14)18-8/h6H,4-5H2,1-3H3. The molecule has 98 valence electrons. The molecule has 0 atom stereocenters. The SMILES string of the molecule is CCc1oc(=O)cc(CC(=O)OC)c1C(=O)OC. The van der Waals surface area contributed by atoms with Gasteiger partial charge in [0.2, 0.25) is 0 Å². The zero-order valence-electron chi connectivity index (χ0n) is 10.4. The zero-order valence-corrected chi connectivity index (χ0v) is 10.4. The van der Waals surface area contributed by atoms with Crippen molar-refractivity contribution >= 4 is 11.9 Å². The monoisotopic (exact) mass is 254 g/mol. The summed E-state index contributed by atoms with van der Waals surface area (Å²) in [6, 6.07) is 1.10. The van der Waals surface area contributed by atoms with Gasteiger partial charge < -0.3 is 13.9 Å². The van der Waals surface area contributed by atoms with Gasteiger partial charge in [-0.1, -0.05) is 6.92 Å². The maximum Gasteiger partial charge on any atom is 0.341 e. The minimum absolute atomic E-state index is 0.116. The Morgan fingerprint density at radius 1 is 1.28 bits per heavy atom. The highest BCUT2D eigenvalue weighted by molar-refractivity contribution is 5.93. The van der Waals surface area contributed by atoms with Gasteiger partial charge in [0.1, 0.15) is 11.3 Å². The van der Waals surface area contributed by atoms with Gasteiger partial charge in [0, 0.05) is 12.5 Å². The van der Waals surface area contributed by atoms with Gasteiger partial charge in [-0.15, -0.1) is 0 Å². The number of methoxy groups -OCH3 is 2. The Labute approximate surface area is 104 Å². The lowest BCUT2D eigenvalue weighted by molar-refractivity contribution is -0.139. The summed E-state index contributed by atoms with van der Waals surface area (Å²) in [5.74, 6) is -0.990. The highest BCUT2D eigenvalue weighted by Gasteiger charge is 2.21. The molecule has 1 rings (SSSR count). The molecule has 0 saturated heterocycles. The smallest absolute Gasteiger partial charge is 0.341 e. The predicted octanol–water partition coefficient (Wildman–Crippen LogP) is 0.704. The maximum atomic E-state index is 11.7. The summed E-state index contributed by atoms with van der Waals surface area (Å²) in [5.41, 5.74) is -0.245. The number of aryl methyl sites for hydroxylation is 1. The molecule has 0 aliphatic carbocycles. The van der Waals surface area contributed by atoms with E-state index >= 15 is 0 Å². The summed E-state index contributed by atoms with van der Waals surface area (Å²) in [4.78, 5) is 34.2. The van der Waals surface area contributed by atoms with E-state index in [1.165, 1.54) is 14.2 Å². The fourth-order valence-electron chi connectivity index (χ4n) is 1.56. The van der Waals surface area contributed by atoms with Crippen molar-refractivity contribution in [2.75, 3.05) is 14.2 Å². The molecule has 0 radical (unpaired) electrons.